The minimum atomic E-state index is -3.78. The third-order valence-corrected chi connectivity index (χ3v) is 8.42. The van der Waals surface area contributed by atoms with Crippen LogP contribution < -0.4 is 16.2 Å². The van der Waals surface area contributed by atoms with Gasteiger partial charge in [0.15, 0.2) is 0 Å². The van der Waals surface area contributed by atoms with Crippen LogP contribution in [0.15, 0.2) is 77.3 Å². The number of hydrazine groups is 1. The largest absolute Gasteiger partial charge is 0.489 e. The Morgan fingerprint density at radius 1 is 1.23 bits per heavy atom. The zero-order valence-corrected chi connectivity index (χ0v) is 22.8. The molecule has 2 aromatic rings. The Labute approximate surface area is 231 Å². The van der Waals surface area contributed by atoms with Gasteiger partial charge in [-0.2, -0.15) is 0 Å². The molecule has 1 amide bonds. The van der Waals surface area contributed by atoms with Crippen LogP contribution in [0.5, 0.6) is 0 Å². The number of nitrogens with one attached hydrogen (secondary N) is 2. The fourth-order valence-corrected chi connectivity index (χ4v) is 6.05. The van der Waals surface area contributed by atoms with Crippen LogP contribution in [-0.4, -0.2) is 54.1 Å². The molecule has 0 saturated heterocycles. The molecule has 5 rings (SSSR count). The van der Waals surface area contributed by atoms with Crippen molar-refractivity contribution in [1.82, 2.24) is 20.1 Å². The minimum absolute atomic E-state index is 0.0488. The summed E-state index contributed by atoms with van der Waals surface area (Å²) in [5.74, 6) is -0.577. The zero-order valence-electron chi connectivity index (χ0n) is 21.2. The van der Waals surface area contributed by atoms with E-state index in [-0.39, 0.29) is 28.9 Å². The fraction of sp³-hybridized carbons (Fsp3) is 0.269. The highest BCUT2D eigenvalue weighted by atomic mass is 35.5. The third kappa shape index (κ3) is 5.48. The number of carbonyl (C=O) groups excluding carboxylic acids is 1. The van der Waals surface area contributed by atoms with Gasteiger partial charge in [-0.25, -0.2) is 18.2 Å². The molecule has 1 unspecified atom stereocenters. The number of hydrogen-bond donors (Lipinski definition) is 4. The lowest BCUT2D eigenvalue weighted by molar-refractivity contribution is -0.117. The van der Waals surface area contributed by atoms with Crippen molar-refractivity contribution in [2.24, 2.45) is 5.92 Å². The second kappa shape index (κ2) is 10.4. The SMILES string of the molecule is CNC(=O)C1=C2C=C(C3CC3)C(N(Cc3ccc(B(O)O)c(Cl)c3)S(C)(=O)=O)=CN2NC1c1ccc(F)cc1. The molecule has 13 heteroatoms. The van der Waals surface area contributed by atoms with E-state index in [9.17, 15) is 27.7 Å². The Hall–Kier alpha value is -3.16. The number of fused-ring (bicyclic) bond motifs is 1. The molecule has 3 aliphatic rings. The number of sulfonamides is 1. The van der Waals surface area contributed by atoms with Crippen LogP contribution in [0.2, 0.25) is 5.02 Å². The fourth-order valence-electron chi connectivity index (χ4n) is 4.86. The van der Waals surface area contributed by atoms with Gasteiger partial charge in [-0.3, -0.25) is 14.1 Å². The summed E-state index contributed by atoms with van der Waals surface area (Å²) in [5.41, 5.74) is 6.88. The molecule has 2 aromatic carbocycles. The highest BCUT2D eigenvalue weighted by molar-refractivity contribution is 7.88. The Morgan fingerprint density at radius 2 is 1.92 bits per heavy atom. The van der Waals surface area contributed by atoms with Crippen molar-refractivity contribution in [2.45, 2.75) is 25.4 Å². The monoisotopic (exact) mass is 572 g/mol. The maximum Gasteiger partial charge on any atom is 0.489 e. The van der Waals surface area contributed by atoms with Crippen molar-refractivity contribution >= 4 is 40.1 Å². The minimum Gasteiger partial charge on any atom is -0.423 e. The Kier molecular flexibility index (Phi) is 7.34. The van der Waals surface area contributed by atoms with Crippen LogP contribution in [0.1, 0.15) is 30.0 Å². The predicted molar refractivity (Wildman–Crippen MR) is 146 cm³/mol. The van der Waals surface area contributed by atoms with E-state index < -0.39 is 29.0 Å². The van der Waals surface area contributed by atoms with Gasteiger partial charge in [-0.15, -0.1) is 0 Å². The van der Waals surface area contributed by atoms with Gasteiger partial charge in [-0.1, -0.05) is 35.9 Å². The summed E-state index contributed by atoms with van der Waals surface area (Å²) >= 11 is 6.21. The first-order valence-corrected chi connectivity index (χ1v) is 14.5. The van der Waals surface area contributed by atoms with Gasteiger partial charge in [0.05, 0.1) is 35.8 Å². The van der Waals surface area contributed by atoms with Crippen molar-refractivity contribution in [3.8, 4) is 0 Å². The van der Waals surface area contributed by atoms with Crippen LogP contribution in [0.3, 0.4) is 0 Å². The number of amides is 1. The van der Waals surface area contributed by atoms with Crippen molar-refractivity contribution in [3.05, 3.63) is 99.2 Å². The van der Waals surface area contributed by atoms with Crippen molar-refractivity contribution in [2.75, 3.05) is 13.3 Å². The number of carbonyl (C=O) groups is 1. The van der Waals surface area contributed by atoms with Crippen LogP contribution in [-0.2, 0) is 21.4 Å². The first kappa shape index (κ1) is 27.4. The molecular formula is C26H27BClFN4O5S. The smallest absolute Gasteiger partial charge is 0.423 e. The molecule has 1 aliphatic carbocycles. The van der Waals surface area contributed by atoms with Crippen molar-refractivity contribution in [1.29, 1.82) is 0 Å². The molecule has 0 aromatic heterocycles. The van der Waals surface area contributed by atoms with Crippen LogP contribution >= 0.6 is 11.6 Å². The standard InChI is InChI=1S/C26H27BClFN4O5S/c1-30-26(34)24-22-12-19(16-4-5-16)23(14-32(22)31-25(24)17-6-8-18(29)9-7-17)33(39(2,37)38)13-15-3-10-20(27(35)36)21(28)11-15/h3,6-12,14,16,25,31,35-36H,4-5,13H2,1-2H3,(H,30,34). The van der Waals surface area contributed by atoms with Gasteiger partial charge < -0.3 is 15.4 Å². The highest BCUT2D eigenvalue weighted by Crippen LogP contribution is 2.46. The number of allylic oxidation sites excluding steroid dienone is 2. The zero-order chi connectivity index (χ0) is 28.1. The average Bonchev–Trinajstić information content (AvgIpc) is 3.66. The molecular weight excluding hydrogens is 546 g/mol. The van der Waals surface area contributed by atoms with Crippen LogP contribution in [0, 0.1) is 11.7 Å². The number of hydrogen-bond acceptors (Lipinski definition) is 7. The maximum absolute atomic E-state index is 13.6. The topological polar surface area (TPSA) is 122 Å². The molecule has 1 saturated carbocycles. The van der Waals surface area contributed by atoms with Gasteiger partial charge >= 0.3 is 7.12 Å². The van der Waals surface area contributed by atoms with E-state index in [0.717, 1.165) is 24.7 Å². The number of benzene rings is 2. The Balaban J connectivity index is 1.58. The van der Waals surface area contributed by atoms with Crippen molar-refractivity contribution < 1.29 is 27.7 Å². The molecule has 0 spiro atoms. The number of likely N-dealkylation sites (N-methyl/N-ethyl adjacent to an activating group) is 1. The van der Waals surface area contributed by atoms with Gasteiger partial charge in [0.25, 0.3) is 5.91 Å². The van der Waals surface area contributed by atoms with E-state index in [1.165, 1.54) is 35.6 Å². The van der Waals surface area contributed by atoms with E-state index in [0.29, 0.717) is 28.1 Å². The summed E-state index contributed by atoms with van der Waals surface area (Å²) < 4.78 is 41.1. The van der Waals surface area contributed by atoms with Gasteiger partial charge in [0.1, 0.15) is 5.82 Å². The van der Waals surface area contributed by atoms with E-state index in [1.807, 2.05) is 6.08 Å². The van der Waals surface area contributed by atoms with Crippen molar-refractivity contribution in [3.63, 3.8) is 0 Å². The summed E-state index contributed by atoms with van der Waals surface area (Å²) in [6, 6.07) is 9.81. The molecule has 0 bridgehead atoms. The molecule has 1 atom stereocenters. The Morgan fingerprint density at radius 3 is 2.49 bits per heavy atom. The molecule has 2 heterocycles. The third-order valence-electron chi connectivity index (χ3n) is 6.96. The number of halogens is 2. The predicted octanol–water partition coefficient (Wildman–Crippen LogP) is 1.67. The molecule has 0 radical (unpaired) electrons. The molecule has 2 aliphatic heterocycles. The normalized spacial score (nSPS) is 18.9. The van der Waals surface area contributed by atoms with E-state index in [1.54, 1.807) is 29.4 Å². The second-order valence-electron chi connectivity index (χ2n) is 9.75. The lowest BCUT2D eigenvalue weighted by atomic mass is 9.80. The lowest BCUT2D eigenvalue weighted by Gasteiger charge is -2.32. The first-order valence-electron chi connectivity index (χ1n) is 12.3. The van der Waals surface area contributed by atoms with Gasteiger partial charge in [0.2, 0.25) is 10.0 Å². The Bertz CT molecular complexity index is 1520. The van der Waals surface area contributed by atoms with Gasteiger partial charge in [-0.05, 0) is 59.7 Å². The van der Waals surface area contributed by atoms with Crippen LogP contribution in [0.4, 0.5) is 4.39 Å². The summed E-state index contributed by atoms with van der Waals surface area (Å²) in [4.78, 5) is 13.0. The van der Waals surface area contributed by atoms with E-state index in [2.05, 4.69) is 10.7 Å². The molecule has 39 heavy (non-hydrogen) atoms. The second-order valence-corrected chi connectivity index (χ2v) is 12.1. The molecule has 1 fully saturated rings. The number of nitrogens with zero attached hydrogens (tertiary/aromatic N) is 2. The first-order chi connectivity index (χ1) is 18.5. The maximum atomic E-state index is 13.6. The lowest BCUT2D eigenvalue weighted by Crippen LogP contribution is -2.37. The van der Waals surface area contributed by atoms with Gasteiger partial charge in [0, 0.05) is 23.7 Å². The summed E-state index contributed by atoms with van der Waals surface area (Å²) in [6.07, 6.45) is 6.40. The van der Waals surface area contributed by atoms with E-state index >= 15 is 0 Å². The quantitative estimate of drug-likeness (QED) is 0.355. The molecule has 204 valence electrons. The highest BCUT2D eigenvalue weighted by Gasteiger charge is 2.41. The molecule has 9 nitrogen and oxygen atoms in total. The summed E-state index contributed by atoms with van der Waals surface area (Å²) in [5, 5.41) is 23.4. The molecule has 4 N–H and O–H groups in total. The average molecular weight is 573 g/mol. The number of rotatable bonds is 8. The van der Waals surface area contributed by atoms with Crippen LogP contribution in [0.25, 0.3) is 0 Å². The van der Waals surface area contributed by atoms with E-state index in [4.69, 9.17) is 11.6 Å². The summed E-state index contributed by atoms with van der Waals surface area (Å²) in [6.45, 7) is -0.0488. The summed E-state index contributed by atoms with van der Waals surface area (Å²) in [7, 11) is -4.00.